The summed E-state index contributed by atoms with van der Waals surface area (Å²) in [6, 6.07) is 4.75. The van der Waals surface area contributed by atoms with Gasteiger partial charge in [0.05, 0.1) is 18.8 Å². The van der Waals surface area contributed by atoms with E-state index in [2.05, 4.69) is 15.5 Å². The number of halogens is 1. The Morgan fingerprint density at radius 2 is 2.24 bits per heavy atom. The van der Waals surface area contributed by atoms with Gasteiger partial charge in [0.1, 0.15) is 23.0 Å². The number of rotatable bonds is 5. The lowest BCUT2D eigenvalue weighted by Crippen LogP contribution is -2.42. The first-order valence-electron chi connectivity index (χ1n) is 10.7. The van der Waals surface area contributed by atoms with E-state index in [9.17, 15) is 14.0 Å². The standard InChI is InChI=1S/C22H26FN5O4S/c1-22(2,3)32-21(30)28(19-26-25-13-33-19)12-16-11-27(20(29)31-16)15-4-5-17(18(23)10-15)14-6-8-24-9-7-14/h4-6,10,13,16,24H,7-9,11-12H2,1-3H3/t16-/m1/s1. The normalized spacial score (nSPS) is 18.7. The fraction of sp³-hybridized carbons (Fsp3) is 0.455. The van der Waals surface area contributed by atoms with Crippen molar-refractivity contribution in [1.82, 2.24) is 15.5 Å². The van der Waals surface area contributed by atoms with Gasteiger partial charge in [-0.1, -0.05) is 17.4 Å². The molecule has 1 aromatic carbocycles. The van der Waals surface area contributed by atoms with E-state index in [1.54, 1.807) is 32.9 Å². The molecule has 0 bridgehead atoms. The minimum absolute atomic E-state index is 0.0345. The maximum atomic E-state index is 14.8. The number of benzene rings is 1. The molecule has 4 rings (SSSR count). The monoisotopic (exact) mass is 475 g/mol. The van der Waals surface area contributed by atoms with Crippen LogP contribution in [-0.2, 0) is 9.47 Å². The number of carbonyl (C=O) groups is 2. The molecule has 1 N–H and O–H groups in total. The fourth-order valence-corrected chi connectivity index (χ4v) is 4.22. The topological polar surface area (TPSA) is 96.9 Å². The van der Waals surface area contributed by atoms with Crippen LogP contribution in [0.2, 0.25) is 0 Å². The van der Waals surface area contributed by atoms with Crippen molar-refractivity contribution in [2.75, 3.05) is 36.0 Å². The zero-order valence-electron chi connectivity index (χ0n) is 18.7. The maximum Gasteiger partial charge on any atom is 0.416 e. The summed E-state index contributed by atoms with van der Waals surface area (Å²) in [5.41, 5.74) is 2.68. The van der Waals surface area contributed by atoms with Crippen LogP contribution in [0, 0.1) is 5.82 Å². The Hall–Kier alpha value is -3.05. The molecule has 2 aromatic rings. The second kappa shape index (κ2) is 9.44. The molecule has 2 amide bonds. The molecule has 33 heavy (non-hydrogen) atoms. The quantitative estimate of drug-likeness (QED) is 0.702. The summed E-state index contributed by atoms with van der Waals surface area (Å²) in [6.07, 6.45) is 0.856. The number of nitrogens with zero attached hydrogens (tertiary/aromatic N) is 4. The SMILES string of the molecule is CC(C)(C)OC(=O)N(C[C@H]1CN(c2ccc(C3=CCNCC3)c(F)c2)C(=O)O1)c1nncs1. The van der Waals surface area contributed by atoms with Crippen LogP contribution in [0.3, 0.4) is 0 Å². The van der Waals surface area contributed by atoms with E-state index in [0.29, 0.717) is 22.9 Å². The van der Waals surface area contributed by atoms with Gasteiger partial charge in [-0.2, -0.15) is 0 Å². The van der Waals surface area contributed by atoms with Crippen molar-refractivity contribution in [3.05, 3.63) is 41.2 Å². The van der Waals surface area contributed by atoms with Crippen molar-refractivity contribution in [3.63, 3.8) is 0 Å². The number of nitrogens with one attached hydrogen (secondary N) is 1. The van der Waals surface area contributed by atoms with Crippen molar-refractivity contribution in [3.8, 4) is 0 Å². The first-order valence-corrected chi connectivity index (χ1v) is 11.5. The highest BCUT2D eigenvalue weighted by atomic mass is 32.1. The lowest BCUT2D eigenvalue weighted by Gasteiger charge is -2.26. The van der Waals surface area contributed by atoms with Crippen LogP contribution in [0.1, 0.15) is 32.8 Å². The predicted octanol–water partition coefficient (Wildman–Crippen LogP) is 3.82. The summed E-state index contributed by atoms with van der Waals surface area (Å²) in [5, 5.41) is 11.3. The van der Waals surface area contributed by atoms with Crippen LogP contribution in [0.4, 0.5) is 24.8 Å². The van der Waals surface area contributed by atoms with Crippen molar-refractivity contribution >= 4 is 39.9 Å². The van der Waals surface area contributed by atoms with Crippen LogP contribution in [0.5, 0.6) is 0 Å². The van der Waals surface area contributed by atoms with Crippen LogP contribution in [0.25, 0.3) is 5.57 Å². The lowest BCUT2D eigenvalue weighted by atomic mass is 9.99. The highest BCUT2D eigenvalue weighted by Gasteiger charge is 2.37. The number of amides is 2. The van der Waals surface area contributed by atoms with Gasteiger partial charge in [0.25, 0.3) is 0 Å². The third kappa shape index (κ3) is 5.48. The molecule has 2 aliphatic heterocycles. The first-order chi connectivity index (χ1) is 15.7. The summed E-state index contributed by atoms with van der Waals surface area (Å²) in [7, 11) is 0. The van der Waals surface area contributed by atoms with Gasteiger partial charge in [0, 0.05) is 12.1 Å². The van der Waals surface area contributed by atoms with Gasteiger partial charge in [-0.25, -0.2) is 18.9 Å². The zero-order valence-corrected chi connectivity index (χ0v) is 19.5. The highest BCUT2D eigenvalue weighted by molar-refractivity contribution is 7.13. The zero-order chi connectivity index (χ0) is 23.6. The van der Waals surface area contributed by atoms with Gasteiger partial charge in [-0.05, 0) is 57.5 Å². The average Bonchev–Trinajstić information content (AvgIpc) is 3.41. The molecular weight excluding hydrogens is 449 g/mol. The minimum atomic E-state index is -0.707. The fourth-order valence-electron chi connectivity index (χ4n) is 3.66. The smallest absolute Gasteiger partial charge is 0.416 e. The molecule has 9 nitrogen and oxygen atoms in total. The van der Waals surface area contributed by atoms with Gasteiger partial charge in [0.2, 0.25) is 5.13 Å². The van der Waals surface area contributed by atoms with Crippen molar-refractivity contribution in [1.29, 1.82) is 0 Å². The Balaban J connectivity index is 1.48. The average molecular weight is 476 g/mol. The predicted molar refractivity (Wildman–Crippen MR) is 123 cm³/mol. The van der Waals surface area contributed by atoms with E-state index < -0.39 is 23.9 Å². The molecule has 0 saturated carbocycles. The van der Waals surface area contributed by atoms with Crippen LogP contribution in [0.15, 0.2) is 29.8 Å². The number of anilines is 2. The molecule has 1 fully saturated rings. The Morgan fingerprint density at radius 1 is 1.42 bits per heavy atom. The summed E-state index contributed by atoms with van der Waals surface area (Å²) >= 11 is 1.17. The van der Waals surface area contributed by atoms with E-state index in [-0.39, 0.29) is 18.9 Å². The first kappa shape index (κ1) is 23.1. The molecule has 0 aliphatic carbocycles. The molecule has 0 radical (unpaired) electrons. The molecule has 1 atom stereocenters. The van der Waals surface area contributed by atoms with E-state index >= 15 is 0 Å². The Bertz CT molecular complexity index is 1050. The molecular formula is C22H26FN5O4S. The van der Waals surface area contributed by atoms with E-state index in [1.807, 2.05) is 6.08 Å². The molecule has 2 aliphatic rings. The van der Waals surface area contributed by atoms with Gasteiger partial charge in [-0.15, -0.1) is 10.2 Å². The summed E-state index contributed by atoms with van der Waals surface area (Å²) < 4.78 is 25.8. The number of ether oxygens (including phenoxy) is 2. The largest absolute Gasteiger partial charge is 0.443 e. The summed E-state index contributed by atoms with van der Waals surface area (Å²) in [6.45, 7) is 6.99. The number of hydrogen-bond acceptors (Lipinski definition) is 8. The number of cyclic esters (lactones) is 1. The van der Waals surface area contributed by atoms with E-state index in [0.717, 1.165) is 18.5 Å². The Morgan fingerprint density at radius 3 is 2.88 bits per heavy atom. The van der Waals surface area contributed by atoms with Crippen LogP contribution < -0.4 is 15.1 Å². The minimum Gasteiger partial charge on any atom is -0.443 e. The van der Waals surface area contributed by atoms with Crippen LogP contribution >= 0.6 is 11.3 Å². The molecule has 1 aromatic heterocycles. The lowest BCUT2D eigenvalue weighted by molar-refractivity contribution is 0.0558. The molecule has 0 spiro atoms. The molecule has 3 heterocycles. The number of carbonyl (C=O) groups excluding carboxylic acids is 2. The van der Waals surface area contributed by atoms with Gasteiger partial charge >= 0.3 is 12.2 Å². The van der Waals surface area contributed by atoms with Crippen molar-refractivity contribution < 1.29 is 23.5 Å². The maximum absolute atomic E-state index is 14.8. The van der Waals surface area contributed by atoms with Gasteiger partial charge < -0.3 is 14.8 Å². The second-order valence-corrected chi connectivity index (χ2v) is 9.59. The molecule has 1 saturated heterocycles. The van der Waals surface area contributed by atoms with E-state index in [4.69, 9.17) is 9.47 Å². The Kier molecular flexibility index (Phi) is 6.61. The Labute approximate surface area is 195 Å². The summed E-state index contributed by atoms with van der Waals surface area (Å²) in [4.78, 5) is 28.0. The molecule has 11 heteroatoms. The van der Waals surface area contributed by atoms with Crippen LogP contribution in [-0.4, -0.2) is 60.3 Å². The molecule has 0 unspecified atom stereocenters. The number of aromatic nitrogens is 2. The third-order valence-electron chi connectivity index (χ3n) is 5.13. The van der Waals surface area contributed by atoms with Crippen molar-refractivity contribution in [2.45, 2.75) is 38.9 Å². The molecule has 176 valence electrons. The second-order valence-electron chi connectivity index (χ2n) is 8.78. The van der Waals surface area contributed by atoms with Crippen molar-refractivity contribution in [2.24, 2.45) is 0 Å². The van der Waals surface area contributed by atoms with Gasteiger partial charge in [-0.3, -0.25) is 4.90 Å². The highest BCUT2D eigenvalue weighted by Crippen LogP contribution is 2.29. The third-order valence-corrected chi connectivity index (χ3v) is 5.84. The summed E-state index contributed by atoms with van der Waals surface area (Å²) in [5.74, 6) is -0.388. The number of hydrogen-bond donors (Lipinski definition) is 1. The van der Waals surface area contributed by atoms with Gasteiger partial charge in [0.15, 0.2) is 0 Å². The van der Waals surface area contributed by atoms with E-state index in [1.165, 1.54) is 32.7 Å².